The molecule has 1 fully saturated rings. The summed E-state index contributed by atoms with van der Waals surface area (Å²) in [6, 6.07) is 1.75. The number of aromatic nitrogens is 2. The van der Waals surface area contributed by atoms with Crippen LogP contribution in [0.5, 0.6) is 0 Å². The van der Waals surface area contributed by atoms with Crippen molar-refractivity contribution in [2.45, 2.75) is 32.7 Å². The summed E-state index contributed by atoms with van der Waals surface area (Å²) >= 11 is 0. The van der Waals surface area contributed by atoms with Crippen LogP contribution in [0.4, 0.5) is 10.2 Å². The molecule has 4 heteroatoms. The third kappa shape index (κ3) is 2.00. The first-order valence-corrected chi connectivity index (χ1v) is 4.79. The van der Waals surface area contributed by atoms with Crippen molar-refractivity contribution in [2.24, 2.45) is 5.41 Å². The number of rotatable bonds is 2. The zero-order chi connectivity index (χ0) is 10.2. The average molecular weight is 195 g/mol. The lowest BCUT2D eigenvalue weighted by Crippen LogP contribution is -2.41. The molecule has 14 heavy (non-hydrogen) atoms. The lowest BCUT2D eigenvalue weighted by molar-refractivity contribution is 0.167. The first kappa shape index (κ1) is 9.37. The molecule has 1 aromatic rings. The molecular formula is C10H14FN3. The topological polar surface area (TPSA) is 37.8 Å². The Morgan fingerprint density at radius 2 is 2.14 bits per heavy atom. The fraction of sp³-hybridized carbons (Fsp3) is 0.600. The van der Waals surface area contributed by atoms with E-state index < -0.39 is 5.95 Å². The van der Waals surface area contributed by atoms with Crippen LogP contribution in [0.1, 0.15) is 26.7 Å². The lowest BCUT2D eigenvalue weighted by atomic mass is 9.68. The molecule has 1 aromatic heterocycles. The van der Waals surface area contributed by atoms with Crippen LogP contribution in [0.3, 0.4) is 0 Å². The molecule has 0 amide bonds. The van der Waals surface area contributed by atoms with Crippen LogP contribution < -0.4 is 5.32 Å². The highest BCUT2D eigenvalue weighted by atomic mass is 19.1. The molecule has 0 saturated heterocycles. The highest BCUT2D eigenvalue weighted by molar-refractivity contribution is 5.34. The Hall–Kier alpha value is -1.19. The summed E-state index contributed by atoms with van der Waals surface area (Å²) in [7, 11) is 0. The summed E-state index contributed by atoms with van der Waals surface area (Å²) in [6.07, 6.45) is 3.46. The molecule has 0 spiro atoms. The van der Waals surface area contributed by atoms with Gasteiger partial charge in [-0.1, -0.05) is 13.8 Å². The maximum atomic E-state index is 12.7. The van der Waals surface area contributed by atoms with Crippen molar-refractivity contribution in [3.63, 3.8) is 0 Å². The molecule has 1 heterocycles. The molecule has 0 unspecified atom stereocenters. The second-order valence-electron chi connectivity index (χ2n) is 4.64. The van der Waals surface area contributed by atoms with Crippen LogP contribution in [0.15, 0.2) is 12.4 Å². The van der Waals surface area contributed by atoms with Crippen LogP contribution in [-0.4, -0.2) is 16.0 Å². The highest BCUT2D eigenvalue weighted by Crippen LogP contribution is 2.41. The smallest absolute Gasteiger partial charge is 0.217 e. The normalized spacial score (nSPS) is 20.2. The van der Waals surface area contributed by atoms with Crippen molar-refractivity contribution in [1.82, 2.24) is 9.97 Å². The Bertz CT molecular complexity index is 330. The van der Waals surface area contributed by atoms with Crippen LogP contribution in [0, 0.1) is 11.4 Å². The minimum Gasteiger partial charge on any atom is -0.367 e. The SMILES string of the molecule is CC1(C)CC(Nc2cc(F)ncn2)C1. The molecule has 2 rings (SSSR count). The zero-order valence-electron chi connectivity index (χ0n) is 8.42. The molecule has 3 nitrogen and oxygen atoms in total. The van der Waals surface area contributed by atoms with Gasteiger partial charge in [0.1, 0.15) is 12.1 Å². The molecule has 0 aliphatic heterocycles. The minimum absolute atomic E-state index is 0.420. The molecule has 1 N–H and O–H groups in total. The molecule has 0 atom stereocenters. The van der Waals surface area contributed by atoms with Gasteiger partial charge in [0.05, 0.1) is 0 Å². The van der Waals surface area contributed by atoms with E-state index in [1.54, 1.807) is 0 Å². The number of halogens is 1. The molecule has 0 radical (unpaired) electrons. The van der Waals surface area contributed by atoms with Crippen LogP contribution in [0.2, 0.25) is 0 Å². The number of nitrogens with zero attached hydrogens (tertiary/aromatic N) is 2. The summed E-state index contributed by atoms with van der Waals surface area (Å²) in [5.41, 5.74) is 0.420. The molecule has 76 valence electrons. The van der Waals surface area contributed by atoms with Crippen LogP contribution in [-0.2, 0) is 0 Å². The van der Waals surface area contributed by atoms with E-state index >= 15 is 0 Å². The standard InChI is InChI=1S/C10H14FN3/c1-10(2)4-7(5-10)14-9-3-8(11)12-6-13-9/h3,6-7H,4-5H2,1-2H3,(H,12,13,14). The van der Waals surface area contributed by atoms with E-state index in [0.717, 1.165) is 12.8 Å². The molecular weight excluding hydrogens is 181 g/mol. The Labute approximate surface area is 82.8 Å². The fourth-order valence-corrected chi connectivity index (χ4v) is 2.00. The first-order valence-electron chi connectivity index (χ1n) is 4.79. The van der Waals surface area contributed by atoms with E-state index in [1.165, 1.54) is 12.4 Å². The summed E-state index contributed by atoms with van der Waals surface area (Å²) in [5, 5.41) is 3.18. The second kappa shape index (κ2) is 3.19. The Balaban J connectivity index is 1.93. The van der Waals surface area contributed by atoms with Crippen molar-refractivity contribution < 1.29 is 4.39 Å². The van der Waals surface area contributed by atoms with E-state index in [0.29, 0.717) is 17.3 Å². The molecule has 0 bridgehead atoms. The molecule has 1 aliphatic carbocycles. The second-order valence-corrected chi connectivity index (χ2v) is 4.64. The van der Waals surface area contributed by atoms with Gasteiger partial charge in [0.25, 0.3) is 0 Å². The zero-order valence-corrected chi connectivity index (χ0v) is 8.42. The van der Waals surface area contributed by atoms with Gasteiger partial charge >= 0.3 is 0 Å². The number of anilines is 1. The first-order chi connectivity index (χ1) is 6.55. The van der Waals surface area contributed by atoms with Gasteiger partial charge in [-0.15, -0.1) is 0 Å². The number of nitrogens with one attached hydrogen (secondary N) is 1. The third-order valence-electron chi connectivity index (χ3n) is 2.58. The summed E-state index contributed by atoms with van der Waals surface area (Å²) < 4.78 is 12.7. The van der Waals surface area contributed by atoms with Gasteiger partial charge in [-0.05, 0) is 18.3 Å². The Morgan fingerprint density at radius 3 is 2.71 bits per heavy atom. The van der Waals surface area contributed by atoms with Gasteiger partial charge < -0.3 is 5.32 Å². The van der Waals surface area contributed by atoms with E-state index in [-0.39, 0.29) is 0 Å². The van der Waals surface area contributed by atoms with Gasteiger partial charge in [0.2, 0.25) is 5.95 Å². The van der Waals surface area contributed by atoms with E-state index in [1.807, 2.05) is 0 Å². The highest BCUT2D eigenvalue weighted by Gasteiger charge is 2.35. The fourth-order valence-electron chi connectivity index (χ4n) is 2.00. The van der Waals surface area contributed by atoms with Gasteiger partial charge in [-0.3, -0.25) is 0 Å². The predicted molar refractivity (Wildman–Crippen MR) is 52.4 cm³/mol. The van der Waals surface area contributed by atoms with Crippen molar-refractivity contribution in [2.75, 3.05) is 5.32 Å². The Morgan fingerprint density at radius 1 is 1.43 bits per heavy atom. The summed E-state index contributed by atoms with van der Waals surface area (Å²) in [4.78, 5) is 7.35. The lowest BCUT2D eigenvalue weighted by Gasteiger charge is -2.43. The summed E-state index contributed by atoms with van der Waals surface area (Å²) in [6.45, 7) is 4.46. The molecule has 1 saturated carbocycles. The quantitative estimate of drug-likeness (QED) is 0.735. The maximum absolute atomic E-state index is 12.7. The average Bonchev–Trinajstić information content (AvgIpc) is 2.00. The minimum atomic E-state index is -0.485. The Kier molecular flexibility index (Phi) is 2.13. The number of hydrogen-bond acceptors (Lipinski definition) is 3. The van der Waals surface area contributed by atoms with Gasteiger partial charge in [0.15, 0.2) is 0 Å². The summed E-state index contributed by atoms with van der Waals surface area (Å²) in [5.74, 6) is 0.0964. The largest absolute Gasteiger partial charge is 0.367 e. The third-order valence-corrected chi connectivity index (χ3v) is 2.58. The van der Waals surface area contributed by atoms with Crippen molar-refractivity contribution in [3.8, 4) is 0 Å². The van der Waals surface area contributed by atoms with E-state index in [9.17, 15) is 4.39 Å². The van der Waals surface area contributed by atoms with Crippen LogP contribution in [0.25, 0.3) is 0 Å². The van der Waals surface area contributed by atoms with Gasteiger partial charge in [-0.25, -0.2) is 9.97 Å². The van der Waals surface area contributed by atoms with Crippen molar-refractivity contribution in [3.05, 3.63) is 18.3 Å². The van der Waals surface area contributed by atoms with Crippen molar-refractivity contribution in [1.29, 1.82) is 0 Å². The monoisotopic (exact) mass is 195 g/mol. The van der Waals surface area contributed by atoms with Gasteiger partial charge in [0, 0.05) is 12.1 Å². The van der Waals surface area contributed by atoms with Crippen molar-refractivity contribution >= 4 is 5.82 Å². The molecule has 0 aromatic carbocycles. The van der Waals surface area contributed by atoms with Crippen LogP contribution >= 0.6 is 0 Å². The molecule has 1 aliphatic rings. The van der Waals surface area contributed by atoms with E-state index in [2.05, 4.69) is 29.1 Å². The number of hydrogen-bond donors (Lipinski definition) is 1. The van der Waals surface area contributed by atoms with E-state index in [4.69, 9.17) is 0 Å². The van der Waals surface area contributed by atoms with Gasteiger partial charge in [-0.2, -0.15) is 4.39 Å². The maximum Gasteiger partial charge on any atom is 0.217 e. The predicted octanol–water partition coefficient (Wildman–Crippen LogP) is 2.22.